The van der Waals surface area contributed by atoms with Gasteiger partial charge in [-0.15, -0.1) is 45.3 Å². The number of aromatic nitrogens is 1. The summed E-state index contributed by atoms with van der Waals surface area (Å²) in [5, 5.41) is 4.68. The first-order chi connectivity index (χ1) is 5.75. The minimum atomic E-state index is 0. The summed E-state index contributed by atoms with van der Waals surface area (Å²) < 4.78 is 0. The lowest BCUT2D eigenvalue weighted by molar-refractivity contribution is 0.569. The Bertz CT molecular complexity index is 288. The lowest BCUT2D eigenvalue weighted by Gasteiger charge is -2.07. The predicted octanol–water partition coefficient (Wildman–Crippen LogP) is 2.68. The van der Waals surface area contributed by atoms with Gasteiger partial charge in [0, 0.05) is 23.9 Å². The number of rotatable bonds is 0. The fourth-order valence-corrected chi connectivity index (χ4v) is 2.77. The Balaban J connectivity index is 0.000000845. The van der Waals surface area contributed by atoms with E-state index >= 15 is 0 Å². The minimum absolute atomic E-state index is 0. The van der Waals surface area contributed by atoms with Crippen molar-refractivity contribution in [3.05, 3.63) is 15.6 Å². The van der Waals surface area contributed by atoms with Crippen molar-refractivity contribution in [3.63, 3.8) is 0 Å². The maximum absolute atomic E-state index is 4.52. The number of fused-ring (bicyclic) bond motifs is 1. The normalized spacial score (nSPS) is 20.0. The highest BCUT2D eigenvalue weighted by Gasteiger charge is 2.15. The van der Waals surface area contributed by atoms with Crippen LogP contribution in [0.5, 0.6) is 0 Å². The van der Waals surface area contributed by atoms with Gasteiger partial charge in [-0.1, -0.05) is 0 Å². The molecule has 0 saturated heterocycles. The van der Waals surface area contributed by atoms with Crippen molar-refractivity contribution in [2.24, 2.45) is 0 Å². The summed E-state index contributed by atoms with van der Waals surface area (Å²) in [4.78, 5) is 6.01. The van der Waals surface area contributed by atoms with Gasteiger partial charge < -0.3 is 5.32 Å². The Morgan fingerprint density at radius 3 is 2.86 bits per heavy atom. The third-order valence-electron chi connectivity index (χ3n) is 2.23. The molecule has 0 radical (unpaired) electrons. The second-order valence-corrected chi connectivity index (χ2v) is 4.70. The van der Waals surface area contributed by atoms with E-state index in [1.165, 1.54) is 15.6 Å². The van der Waals surface area contributed by atoms with Crippen LogP contribution < -0.4 is 5.32 Å². The van der Waals surface area contributed by atoms with E-state index in [4.69, 9.17) is 0 Å². The molecule has 1 aromatic heterocycles. The Hall–Kier alpha value is 0.550. The molecule has 14 heavy (non-hydrogen) atoms. The van der Waals surface area contributed by atoms with E-state index in [-0.39, 0.29) is 34.0 Å². The molecule has 0 aliphatic carbocycles. The number of nitrogens with one attached hydrogen (secondary N) is 1. The van der Waals surface area contributed by atoms with E-state index in [2.05, 4.69) is 24.1 Å². The third kappa shape index (κ3) is 3.29. The monoisotopic (exact) mass is 342 g/mol. The van der Waals surface area contributed by atoms with Gasteiger partial charge in [0.1, 0.15) is 0 Å². The summed E-state index contributed by atoms with van der Waals surface area (Å²) in [6.07, 6.45) is 2.25. The van der Waals surface area contributed by atoms with Gasteiger partial charge in [0.25, 0.3) is 0 Å². The van der Waals surface area contributed by atoms with Crippen molar-refractivity contribution < 1.29 is 0 Å². The van der Waals surface area contributed by atoms with Crippen LogP contribution in [0.25, 0.3) is 0 Å². The van der Waals surface area contributed by atoms with Gasteiger partial charge in [0.05, 0.1) is 10.7 Å². The molecule has 0 amide bonds. The molecule has 2 rings (SSSR count). The summed E-state index contributed by atoms with van der Waals surface area (Å²) in [7, 11) is 0. The van der Waals surface area contributed by atoms with Crippen LogP contribution in [-0.4, -0.2) is 17.6 Å². The topological polar surface area (TPSA) is 24.9 Å². The SMILES string of the molecule is Br.Br.Cc1nc2c(s1)CC(C)NCC2. The molecule has 2 nitrogen and oxygen atoms in total. The first-order valence-electron chi connectivity index (χ1n) is 4.44. The van der Waals surface area contributed by atoms with E-state index in [0.717, 1.165) is 19.4 Å². The van der Waals surface area contributed by atoms with Crippen LogP contribution in [-0.2, 0) is 12.8 Å². The quantitative estimate of drug-likeness (QED) is 0.783. The van der Waals surface area contributed by atoms with Crippen molar-refractivity contribution in [2.45, 2.75) is 32.7 Å². The highest BCUT2D eigenvalue weighted by atomic mass is 79.9. The fourth-order valence-electron chi connectivity index (χ4n) is 1.65. The van der Waals surface area contributed by atoms with Crippen LogP contribution >= 0.6 is 45.3 Å². The first-order valence-corrected chi connectivity index (χ1v) is 5.26. The zero-order valence-corrected chi connectivity index (χ0v) is 12.6. The molecule has 0 bridgehead atoms. The average molecular weight is 344 g/mol. The van der Waals surface area contributed by atoms with Gasteiger partial charge in [0.15, 0.2) is 0 Å². The molecule has 0 aromatic carbocycles. The molecule has 1 unspecified atom stereocenters. The largest absolute Gasteiger partial charge is 0.314 e. The van der Waals surface area contributed by atoms with Crippen LogP contribution in [0.1, 0.15) is 22.5 Å². The Kier molecular flexibility index (Phi) is 6.45. The van der Waals surface area contributed by atoms with Crippen molar-refractivity contribution in [1.82, 2.24) is 10.3 Å². The molecule has 2 heterocycles. The summed E-state index contributed by atoms with van der Waals surface area (Å²) in [5.74, 6) is 0. The van der Waals surface area contributed by atoms with E-state index in [0.29, 0.717) is 6.04 Å². The summed E-state index contributed by atoms with van der Waals surface area (Å²) in [5.41, 5.74) is 1.33. The average Bonchev–Trinajstić information content (AvgIpc) is 2.23. The zero-order valence-electron chi connectivity index (χ0n) is 8.37. The van der Waals surface area contributed by atoms with Gasteiger partial charge in [-0.25, -0.2) is 4.98 Å². The molecule has 82 valence electrons. The number of hydrogen-bond donors (Lipinski definition) is 1. The van der Waals surface area contributed by atoms with Crippen molar-refractivity contribution in [2.75, 3.05) is 6.54 Å². The van der Waals surface area contributed by atoms with Gasteiger partial charge in [0.2, 0.25) is 0 Å². The smallest absolute Gasteiger partial charge is 0.0900 e. The summed E-state index contributed by atoms with van der Waals surface area (Å²) in [6.45, 7) is 5.42. The zero-order chi connectivity index (χ0) is 8.55. The van der Waals surface area contributed by atoms with Gasteiger partial charge in [-0.2, -0.15) is 0 Å². The third-order valence-corrected chi connectivity index (χ3v) is 3.27. The van der Waals surface area contributed by atoms with E-state index in [1.807, 2.05) is 11.3 Å². The second-order valence-electron chi connectivity index (χ2n) is 3.41. The summed E-state index contributed by atoms with van der Waals surface area (Å²) >= 11 is 1.86. The van der Waals surface area contributed by atoms with Crippen molar-refractivity contribution >= 4 is 45.3 Å². The molecule has 0 saturated carbocycles. The number of halogens is 2. The second kappa shape index (κ2) is 6.20. The lowest BCUT2D eigenvalue weighted by Crippen LogP contribution is -2.27. The highest BCUT2D eigenvalue weighted by Crippen LogP contribution is 2.21. The highest BCUT2D eigenvalue weighted by molar-refractivity contribution is 8.93. The standard InChI is InChI=1S/C9H14N2S.2BrH/c1-6-5-9-8(3-4-10-6)11-7(2)12-9;;/h6,10H,3-5H2,1-2H3;2*1H. The van der Waals surface area contributed by atoms with Crippen molar-refractivity contribution in [3.8, 4) is 0 Å². The Morgan fingerprint density at radius 1 is 1.43 bits per heavy atom. The van der Waals surface area contributed by atoms with Crippen LogP contribution in [0, 0.1) is 6.92 Å². The molecule has 1 aliphatic heterocycles. The van der Waals surface area contributed by atoms with E-state index in [1.54, 1.807) is 0 Å². The maximum atomic E-state index is 4.52. The van der Waals surface area contributed by atoms with E-state index in [9.17, 15) is 0 Å². The predicted molar refractivity (Wildman–Crippen MR) is 72.4 cm³/mol. The van der Waals surface area contributed by atoms with E-state index < -0.39 is 0 Å². The van der Waals surface area contributed by atoms with Crippen LogP contribution in [0.15, 0.2) is 0 Å². The molecular formula is C9H16Br2N2S. The molecule has 1 atom stereocenters. The number of nitrogens with zero attached hydrogens (tertiary/aromatic N) is 1. The lowest BCUT2D eigenvalue weighted by atomic mass is 10.2. The molecular weight excluding hydrogens is 328 g/mol. The Labute approximate surface area is 110 Å². The number of hydrogen-bond acceptors (Lipinski definition) is 3. The van der Waals surface area contributed by atoms with Crippen molar-refractivity contribution in [1.29, 1.82) is 0 Å². The fraction of sp³-hybridized carbons (Fsp3) is 0.667. The molecule has 1 aromatic rings. The molecule has 5 heteroatoms. The summed E-state index contributed by atoms with van der Waals surface area (Å²) in [6, 6.07) is 0.617. The Morgan fingerprint density at radius 2 is 2.14 bits per heavy atom. The number of thiazole rings is 1. The van der Waals surface area contributed by atoms with Crippen LogP contribution in [0.4, 0.5) is 0 Å². The first kappa shape index (κ1) is 14.6. The maximum Gasteiger partial charge on any atom is 0.0900 e. The molecule has 1 aliphatic rings. The molecule has 1 N–H and O–H groups in total. The van der Waals surface area contributed by atoms with Gasteiger partial charge in [-0.05, 0) is 20.3 Å². The van der Waals surface area contributed by atoms with Crippen LogP contribution in [0.2, 0.25) is 0 Å². The minimum Gasteiger partial charge on any atom is -0.314 e. The molecule has 0 fully saturated rings. The van der Waals surface area contributed by atoms with Gasteiger partial charge in [-0.3, -0.25) is 0 Å². The van der Waals surface area contributed by atoms with Gasteiger partial charge >= 0.3 is 0 Å². The molecule has 0 spiro atoms. The number of aryl methyl sites for hydroxylation is 1. The van der Waals surface area contributed by atoms with Crippen LogP contribution in [0.3, 0.4) is 0 Å².